The van der Waals surface area contributed by atoms with Crippen LogP contribution in [-0.2, 0) is 4.79 Å². The highest BCUT2D eigenvalue weighted by Gasteiger charge is 2.23. The van der Waals surface area contributed by atoms with E-state index in [0.29, 0.717) is 12.5 Å². The molecule has 1 heterocycles. The van der Waals surface area contributed by atoms with Crippen LogP contribution in [0.2, 0.25) is 0 Å². The van der Waals surface area contributed by atoms with Gasteiger partial charge in [-0.25, -0.2) is 0 Å². The summed E-state index contributed by atoms with van der Waals surface area (Å²) in [6.45, 7) is 4.86. The van der Waals surface area contributed by atoms with Gasteiger partial charge in [0.15, 0.2) is 0 Å². The number of amides is 1. The summed E-state index contributed by atoms with van der Waals surface area (Å²) in [6, 6.07) is 0.155. The number of thioether (sulfide) groups is 1. The number of nitrogens with two attached hydrogens (primary N) is 1. The van der Waals surface area contributed by atoms with Crippen molar-refractivity contribution in [1.29, 1.82) is 0 Å². The fraction of sp³-hybridized carbons (Fsp3) is 0.917. The van der Waals surface area contributed by atoms with Crippen molar-refractivity contribution in [3.63, 3.8) is 0 Å². The Morgan fingerprint density at radius 2 is 2.06 bits per heavy atom. The van der Waals surface area contributed by atoms with Crippen molar-refractivity contribution in [3.05, 3.63) is 0 Å². The highest BCUT2D eigenvalue weighted by molar-refractivity contribution is 7.99. The molecular weight excluding hydrogens is 220 g/mol. The number of carbonyl (C=O) groups excluding carboxylic acids is 1. The van der Waals surface area contributed by atoms with Gasteiger partial charge >= 0.3 is 0 Å². The maximum atomic E-state index is 12.0. The van der Waals surface area contributed by atoms with E-state index >= 15 is 0 Å². The molecule has 0 saturated carbocycles. The van der Waals surface area contributed by atoms with Crippen LogP contribution in [0.4, 0.5) is 0 Å². The number of carbonyl (C=O) groups is 1. The second kappa shape index (κ2) is 7.17. The first-order valence-electron chi connectivity index (χ1n) is 6.21. The van der Waals surface area contributed by atoms with Gasteiger partial charge in [-0.2, -0.15) is 11.8 Å². The molecule has 0 aromatic carbocycles. The summed E-state index contributed by atoms with van der Waals surface area (Å²) in [5.74, 6) is 3.26. The zero-order chi connectivity index (χ0) is 12.0. The van der Waals surface area contributed by atoms with Gasteiger partial charge in [0.25, 0.3) is 0 Å². The summed E-state index contributed by atoms with van der Waals surface area (Å²) in [5.41, 5.74) is 5.68. The zero-order valence-electron chi connectivity index (χ0n) is 10.4. The van der Waals surface area contributed by atoms with Gasteiger partial charge in [-0.3, -0.25) is 4.79 Å². The van der Waals surface area contributed by atoms with Crippen molar-refractivity contribution in [2.45, 2.75) is 39.2 Å². The number of rotatable bonds is 5. The van der Waals surface area contributed by atoms with Crippen LogP contribution in [0.25, 0.3) is 0 Å². The van der Waals surface area contributed by atoms with Gasteiger partial charge in [0.05, 0.1) is 0 Å². The first kappa shape index (κ1) is 13.8. The van der Waals surface area contributed by atoms with Crippen molar-refractivity contribution >= 4 is 17.7 Å². The molecule has 0 radical (unpaired) electrons. The Bertz CT molecular complexity index is 215. The number of nitrogens with one attached hydrogen (secondary N) is 1. The SMILES string of the molecule is CC(C)CC(CN)NC(=O)C1CCSCC1. The third kappa shape index (κ3) is 4.74. The topological polar surface area (TPSA) is 55.1 Å². The van der Waals surface area contributed by atoms with Crippen LogP contribution in [0.15, 0.2) is 0 Å². The largest absolute Gasteiger partial charge is 0.352 e. The Morgan fingerprint density at radius 3 is 2.56 bits per heavy atom. The highest BCUT2D eigenvalue weighted by atomic mass is 32.2. The Labute approximate surface area is 103 Å². The first-order chi connectivity index (χ1) is 7.63. The maximum absolute atomic E-state index is 12.0. The van der Waals surface area contributed by atoms with Crippen molar-refractivity contribution in [2.24, 2.45) is 17.6 Å². The van der Waals surface area contributed by atoms with Crippen LogP contribution in [0.3, 0.4) is 0 Å². The predicted octanol–water partition coefficient (Wildman–Crippen LogP) is 1.62. The molecule has 0 aliphatic carbocycles. The third-order valence-electron chi connectivity index (χ3n) is 2.98. The van der Waals surface area contributed by atoms with Crippen LogP contribution in [-0.4, -0.2) is 30.0 Å². The molecule has 1 unspecified atom stereocenters. The Balaban J connectivity index is 2.35. The first-order valence-corrected chi connectivity index (χ1v) is 7.37. The average molecular weight is 244 g/mol. The van der Waals surface area contributed by atoms with Gasteiger partial charge in [0.1, 0.15) is 0 Å². The Hall–Kier alpha value is -0.220. The second-order valence-electron chi connectivity index (χ2n) is 4.96. The molecule has 1 amide bonds. The molecule has 1 saturated heterocycles. The van der Waals surface area contributed by atoms with Gasteiger partial charge in [-0.1, -0.05) is 13.8 Å². The van der Waals surface area contributed by atoms with Crippen LogP contribution in [0, 0.1) is 11.8 Å². The van der Waals surface area contributed by atoms with E-state index in [2.05, 4.69) is 19.2 Å². The summed E-state index contributed by atoms with van der Waals surface area (Å²) >= 11 is 1.95. The average Bonchev–Trinajstić information content (AvgIpc) is 2.28. The fourth-order valence-electron chi connectivity index (χ4n) is 2.06. The van der Waals surface area contributed by atoms with E-state index in [4.69, 9.17) is 5.73 Å². The van der Waals surface area contributed by atoms with Crippen molar-refractivity contribution in [1.82, 2.24) is 5.32 Å². The van der Waals surface area contributed by atoms with Crippen LogP contribution in [0.1, 0.15) is 33.1 Å². The fourth-order valence-corrected chi connectivity index (χ4v) is 3.17. The zero-order valence-corrected chi connectivity index (χ0v) is 11.2. The lowest BCUT2D eigenvalue weighted by atomic mass is 9.99. The van der Waals surface area contributed by atoms with Crippen LogP contribution >= 0.6 is 11.8 Å². The molecule has 0 aromatic heterocycles. The van der Waals surface area contributed by atoms with Crippen molar-refractivity contribution in [2.75, 3.05) is 18.1 Å². The molecule has 4 heteroatoms. The van der Waals surface area contributed by atoms with Gasteiger partial charge in [0.2, 0.25) is 5.91 Å². The monoisotopic (exact) mass is 244 g/mol. The summed E-state index contributed by atoms with van der Waals surface area (Å²) in [7, 11) is 0. The van der Waals surface area contributed by atoms with Crippen LogP contribution < -0.4 is 11.1 Å². The van der Waals surface area contributed by atoms with Gasteiger partial charge in [0, 0.05) is 18.5 Å². The van der Waals surface area contributed by atoms with E-state index in [9.17, 15) is 4.79 Å². The van der Waals surface area contributed by atoms with E-state index in [1.165, 1.54) is 0 Å². The Kier molecular flexibility index (Phi) is 6.21. The summed E-state index contributed by atoms with van der Waals surface area (Å²) in [5, 5.41) is 3.09. The molecule has 1 aliphatic rings. The van der Waals surface area contributed by atoms with E-state index in [0.717, 1.165) is 30.8 Å². The molecular formula is C12H24N2OS. The Morgan fingerprint density at radius 1 is 1.44 bits per heavy atom. The molecule has 0 spiro atoms. The standard InChI is InChI=1S/C12H24N2OS/c1-9(2)7-11(8-13)14-12(15)10-3-5-16-6-4-10/h9-11H,3-8,13H2,1-2H3,(H,14,15). The molecule has 16 heavy (non-hydrogen) atoms. The lowest BCUT2D eigenvalue weighted by Gasteiger charge is -2.25. The predicted molar refractivity (Wildman–Crippen MR) is 70.5 cm³/mol. The lowest BCUT2D eigenvalue weighted by molar-refractivity contribution is -0.126. The summed E-state index contributed by atoms with van der Waals surface area (Å²) in [4.78, 5) is 12.0. The number of hydrogen-bond acceptors (Lipinski definition) is 3. The van der Waals surface area contributed by atoms with E-state index in [1.807, 2.05) is 11.8 Å². The molecule has 1 fully saturated rings. The van der Waals surface area contributed by atoms with E-state index < -0.39 is 0 Å². The normalized spacial score (nSPS) is 19.8. The molecule has 0 bridgehead atoms. The quantitative estimate of drug-likeness (QED) is 0.772. The second-order valence-corrected chi connectivity index (χ2v) is 6.18. The van der Waals surface area contributed by atoms with E-state index in [1.54, 1.807) is 0 Å². The molecule has 3 nitrogen and oxygen atoms in total. The molecule has 1 aliphatic heterocycles. The van der Waals surface area contributed by atoms with Crippen molar-refractivity contribution in [3.8, 4) is 0 Å². The van der Waals surface area contributed by atoms with Crippen LogP contribution in [0.5, 0.6) is 0 Å². The summed E-state index contributed by atoms with van der Waals surface area (Å²) < 4.78 is 0. The molecule has 1 rings (SSSR count). The number of hydrogen-bond donors (Lipinski definition) is 2. The highest BCUT2D eigenvalue weighted by Crippen LogP contribution is 2.22. The van der Waals surface area contributed by atoms with Gasteiger partial charge < -0.3 is 11.1 Å². The molecule has 1 atom stereocenters. The molecule has 94 valence electrons. The smallest absolute Gasteiger partial charge is 0.223 e. The van der Waals surface area contributed by atoms with Crippen molar-refractivity contribution < 1.29 is 4.79 Å². The van der Waals surface area contributed by atoms with Gasteiger partial charge in [-0.15, -0.1) is 0 Å². The lowest BCUT2D eigenvalue weighted by Crippen LogP contribution is -2.44. The molecule has 3 N–H and O–H groups in total. The minimum Gasteiger partial charge on any atom is -0.352 e. The summed E-state index contributed by atoms with van der Waals surface area (Å²) in [6.07, 6.45) is 3.02. The maximum Gasteiger partial charge on any atom is 0.223 e. The van der Waals surface area contributed by atoms with Gasteiger partial charge in [-0.05, 0) is 36.7 Å². The van der Waals surface area contributed by atoms with E-state index in [-0.39, 0.29) is 17.9 Å². The molecule has 0 aromatic rings. The third-order valence-corrected chi connectivity index (χ3v) is 4.03. The minimum atomic E-state index is 0.155. The minimum absolute atomic E-state index is 0.155.